The van der Waals surface area contributed by atoms with Crippen molar-refractivity contribution in [1.82, 2.24) is 19.2 Å². The van der Waals surface area contributed by atoms with Crippen molar-refractivity contribution in [3.05, 3.63) is 29.0 Å². The van der Waals surface area contributed by atoms with Crippen molar-refractivity contribution < 1.29 is 4.74 Å². The monoisotopic (exact) mass is 291 g/mol. The summed E-state index contributed by atoms with van der Waals surface area (Å²) in [5, 5.41) is 4.89. The van der Waals surface area contributed by atoms with Gasteiger partial charge in [-0.25, -0.2) is 9.67 Å². The summed E-state index contributed by atoms with van der Waals surface area (Å²) in [4.78, 5) is 4.54. The molecule has 3 rings (SSSR count). The van der Waals surface area contributed by atoms with Crippen LogP contribution in [0.2, 0.25) is 5.02 Å². The van der Waals surface area contributed by atoms with Gasteiger partial charge in [0.25, 0.3) is 0 Å². The predicted molar refractivity (Wildman–Crippen MR) is 78.1 cm³/mol. The van der Waals surface area contributed by atoms with Crippen LogP contribution in [0.4, 0.5) is 5.82 Å². The van der Waals surface area contributed by atoms with Crippen LogP contribution >= 0.6 is 11.6 Å². The predicted octanol–water partition coefficient (Wildman–Crippen LogP) is 2.29. The quantitative estimate of drug-likeness (QED) is 0.786. The van der Waals surface area contributed by atoms with Gasteiger partial charge in [-0.1, -0.05) is 11.6 Å². The maximum absolute atomic E-state index is 6.19. The lowest BCUT2D eigenvalue weighted by atomic mass is 10.2. The molecule has 0 atom stereocenters. The first-order valence-corrected chi connectivity index (χ1v) is 6.42. The Balaban J connectivity index is 2.36. The van der Waals surface area contributed by atoms with E-state index >= 15 is 0 Å². The topological polar surface area (TPSA) is 70.4 Å². The van der Waals surface area contributed by atoms with Gasteiger partial charge in [-0.15, -0.1) is 0 Å². The third-order valence-electron chi connectivity index (χ3n) is 3.24. The van der Waals surface area contributed by atoms with E-state index in [1.54, 1.807) is 22.3 Å². The SMILES string of the molecule is COc1c(-c2nc3c(Cl)cccn3c2N)c(C)nn1C. The van der Waals surface area contributed by atoms with Crippen LogP contribution in [0.15, 0.2) is 18.3 Å². The highest BCUT2D eigenvalue weighted by Gasteiger charge is 2.22. The molecule has 0 aliphatic carbocycles. The van der Waals surface area contributed by atoms with Crippen molar-refractivity contribution >= 4 is 23.1 Å². The zero-order valence-electron chi connectivity index (χ0n) is 11.4. The lowest BCUT2D eigenvalue weighted by Gasteiger charge is -2.03. The molecule has 3 aromatic rings. The Morgan fingerprint density at radius 2 is 2.15 bits per heavy atom. The fourth-order valence-electron chi connectivity index (χ4n) is 2.38. The van der Waals surface area contributed by atoms with E-state index in [1.807, 2.05) is 26.2 Å². The van der Waals surface area contributed by atoms with Gasteiger partial charge in [0.1, 0.15) is 11.5 Å². The number of imidazole rings is 1. The maximum Gasteiger partial charge on any atom is 0.221 e. The number of ether oxygens (including phenoxy) is 1. The largest absolute Gasteiger partial charge is 0.481 e. The average molecular weight is 292 g/mol. The number of aryl methyl sites for hydroxylation is 2. The second kappa shape index (κ2) is 4.42. The van der Waals surface area contributed by atoms with Gasteiger partial charge in [0.2, 0.25) is 5.88 Å². The summed E-state index contributed by atoms with van der Waals surface area (Å²) < 4.78 is 8.81. The van der Waals surface area contributed by atoms with E-state index in [4.69, 9.17) is 22.1 Å². The molecule has 0 aliphatic heterocycles. The number of methoxy groups -OCH3 is 1. The normalized spacial score (nSPS) is 11.2. The van der Waals surface area contributed by atoms with Crippen molar-refractivity contribution in [3.8, 4) is 17.1 Å². The zero-order chi connectivity index (χ0) is 14.4. The first-order valence-electron chi connectivity index (χ1n) is 6.04. The minimum absolute atomic E-state index is 0.511. The second-order valence-corrected chi connectivity index (χ2v) is 4.90. The van der Waals surface area contributed by atoms with Crippen molar-refractivity contribution in [3.63, 3.8) is 0 Å². The molecule has 2 N–H and O–H groups in total. The van der Waals surface area contributed by atoms with Crippen LogP contribution in [0.1, 0.15) is 5.69 Å². The van der Waals surface area contributed by atoms with Crippen LogP contribution in [-0.4, -0.2) is 26.3 Å². The van der Waals surface area contributed by atoms with Gasteiger partial charge in [0.05, 0.1) is 23.4 Å². The van der Waals surface area contributed by atoms with Crippen LogP contribution in [0.25, 0.3) is 16.9 Å². The number of pyridine rings is 1. The summed E-state index contributed by atoms with van der Waals surface area (Å²) in [7, 11) is 3.41. The van der Waals surface area contributed by atoms with E-state index in [0.717, 1.165) is 11.3 Å². The van der Waals surface area contributed by atoms with Gasteiger partial charge in [-0.2, -0.15) is 5.10 Å². The van der Waals surface area contributed by atoms with E-state index in [-0.39, 0.29) is 0 Å². The van der Waals surface area contributed by atoms with Crippen molar-refractivity contribution in [2.24, 2.45) is 7.05 Å². The molecule has 0 bridgehead atoms. The smallest absolute Gasteiger partial charge is 0.221 e. The summed E-state index contributed by atoms with van der Waals surface area (Å²) in [6.07, 6.45) is 1.82. The number of nitrogens with zero attached hydrogens (tertiary/aromatic N) is 4. The van der Waals surface area contributed by atoms with Crippen LogP contribution in [0.5, 0.6) is 5.88 Å². The number of fused-ring (bicyclic) bond motifs is 1. The number of aromatic nitrogens is 4. The van der Waals surface area contributed by atoms with Gasteiger partial charge in [-0.05, 0) is 19.1 Å². The Hall–Kier alpha value is -2.21. The summed E-state index contributed by atoms with van der Waals surface area (Å²) in [6.45, 7) is 1.89. The van der Waals surface area contributed by atoms with Crippen LogP contribution in [-0.2, 0) is 7.05 Å². The molecular weight excluding hydrogens is 278 g/mol. The molecule has 0 aliphatic rings. The lowest BCUT2D eigenvalue weighted by molar-refractivity contribution is 0.374. The Kier molecular flexibility index (Phi) is 2.83. The Morgan fingerprint density at radius 3 is 2.80 bits per heavy atom. The van der Waals surface area contributed by atoms with Crippen LogP contribution in [0.3, 0.4) is 0 Å². The van der Waals surface area contributed by atoms with Crippen molar-refractivity contribution in [2.75, 3.05) is 12.8 Å². The first-order chi connectivity index (χ1) is 9.54. The average Bonchev–Trinajstić information content (AvgIpc) is 2.88. The van der Waals surface area contributed by atoms with E-state index in [2.05, 4.69) is 10.1 Å². The van der Waals surface area contributed by atoms with E-state index < -0.39 is 0 Å². The molecule has 0 fully saturated rings. The molecule has 7 heteroatoms. The highest BCUT2D eigenvalue weighted by molar-refractivity contribution is 6.33. The van der Waals surface area contributed by atoms with Gasteiger partial charge in [-0.3, -0.25) is 4.40 Å². The minimum Gasteiger partial charge on any atom is -0.481 e. The molecule has 0 radical (unpaired) electrons. The number of halogens is 1. The van der Waals surface area contributed by atoms with Crippen molar-refractivity contribution in [1.29, 1.82) is 0 Å². The Labute approximate surface area is 120 Å². The molecule has 0 saturated carbocycles. The van der Waals surface area contributed by atoms with Crippen molar-refractivity contribution in [2.45, 2.75) is 6.92 Å². The van der Waals surface area contributed by atoms with Gasteiger partial charge in [0, 0.05) is 13.2 Å². The number of anilines is 1. The second-order valence-electron chi connectivity index (χ2n) is 4.49. The van der Waals surface area contributed by atoms with Crippen LogP contribution < -0.4 is 10.5 Å². The van der Waals surface area contributed by atoms with Crippen LogP contribution in [0, 0.1) is 6.92 Å². The van der Waals surface area contributed by atoms with Gasteiger partial charge < -0.3 is 10.5 Å². The molecule has 0 saturated heterocycles. The maximum atomic E-state index is 6.19. The Bertz CT molecular complexity index is 805. The zero-order valence-corrected chi connectivity index (χ0v) is 12.1. The number of rotatable bonds is 2. The summed E-state index contributed by atoms with van der Waals surface area (Å²) in [5.74, 6) is 1.13. The van der Waals surface area contributed by atoms with Gasteiger partial charge >= 0.3 is 0 Å². The number of hydrogen-bond acceptors (Lipinski definition) is 4. The van der Waals surface area contributed by atoms with E-state index in [9.17, 15) is 0 Å². The molecule has 6 nitrogen and oxygen atoms in total. The highest BCUT2D eigenvalue weighted by Crippen LogP contribution is 2.36. The summed E-state index contributed by atoms with van der Waals surface area (Å²) in [5.41, 5.74) is 9.02. The highest BCUT2D eigenvalue weighted by atomic mass is 35.5. The van der Waals surface area contributed by atoms with E-state index in [1.165, 1.54) is 0 Å². The number of nitrogens with two attached hydrogens (primary N) is 1. The molecule has 3 heterocycles. The fourth-order valence-corrected chi connectivity index (χ4v) is 2.59. The Morgan fingerprint density at radius 1 is 1.40 bits per heavy atom. The number of hydrogen-bond donors (Lipinski definition) is 1. The standard InChI is InChI=1S/C13H14ClN5O/c1-7-9(13(20-3)18(2)17-7)10-11(15)19-6-4-5-8(14)12(19)16-10/h4-6H,15H2,1-3H3. The molecule has 104 valence electrons. The molecule has 0 aromatic carbocycles. The molecular formula is C13H14ClN5O. The lowest BCUT2D eigenvalue weighted by Crippen LogP contribution is -1.97. The van der Waals surface area contributed by atoms with E-state index in [0.29, 0.717) is 28.1 Å². The molecule has 0 amide bonds. The molecule has 0 unspecified atom stereocenters. The third-order valence-corrected chi connectivity index (χ3v) is 3.53. The molecule has 20 heavy (non-hydrogen) atoms. The minimum atomic E-state index is 0.511. The first kappa shape index (κ1) is 12.8. The molecule has 3 aromatic heterocycles. The summed E-state index contributed by atoms with van der Waals surface area (Å²) >= 11 is 6.16. The fraction of sp³-hybridized carbons (Fsp3) is 0.231. The third kappa shape index (κ3) is 1.65. The number of nitrogen functional groups attached to an aromatic ring is 1. The summed E-state index contributed by atoms with van der Waals surface area (Å²) in [6, 6.07) is 3.60. The molecule has 0 spiro atoms. The van der Waals surface area contributed by atoms with Gasteiger partial charge in [0.15, 0.2) is 5.65 Å².